The number of hydrogen-bond acceptors (Lipinski definition) is 3. The molecular formula is C17H25ClN2O2. The molecule has 1 saturated heterocycles. The van der Waals surface area contributed by atoms with E-state index in [1.165, 1.54) is 31.5 Å². The van der Waals surface area contributed by atoms with Crippen LogP contribution < -0.4 is 5.32 Å². The Bertz CT molecular complexity index is 519. The number of halogens is 1. The second-order valence-electron chi connectivity index (χ2n) is 6.31. The Morgan fingerprint density at radius 1 is 1.50 bits per heavy atom. The van der Waals surface area contributed by atoms with Crippen molar-refractivity contribution < 1.29 is 9.90 Å². The summed E-state index contributed by atoms with van der Waals surface area (Å²) >= 11 is 5.82. The van der Waals surface area contributed by atoms with Crippen molar-refractivity contribution in [1.29, 1.82) is 0 Å². The fraction of sp³-hybridized carbons (Fsp3) is 0.588. The zero-order valence-electron chi connectivity index (χ0n) is 13.3. The third kappa shape index (κ3) is 4.62. The van der Waals surface area contributed by atoms with E-state index in [-0.39, 0.29) is 16.7 Å². The van der Waals surface area contributed by atoms with Crippen LogP contribution in [0.4, 0.5) is 0 Å². The molecule has 122 valence electrons. The van der Waals surface area contributed by atoms with E-state index in [9.17, 15) is 9.90 Å². The Hall–Kier alpha value is -1.26. The summed E-state index contributed by atoms with van der Waals surface area (Å²) in [6.45, 7) is 7.45. The lowest BCUT2D eigenvalue weighted by molar-refractivity contribution is 0.0942. The van der Waals surface area contributed by atoms with Crippen molar-refractivity contribution in [3.63, 3.8) is 0 Å². The maximum absolute atomic E-state index is 12.1. The number of amides is 1. The van der Waals surface area contributed by atoms with Crippen LogP contribution in [0, 0.1) is 5.92 Å². The highest BCUT2D eigenvalue weighted by molar-refractivity contribution is 6.32. The summed E-state index contributed by atoms with van der Waals surface area (Å²) in [5.41, 5.74) is 0.482. The van der Waals surface area contributed by atoms with E-state index >= 15 is 0 Å². The Morgan fingerprint density at radius 2 is 2.27 bits per heavy atom. The maximum atomic E-state index is 12.1. The molecule has 0 radical (unpaired) electrons. The van der Waals surface area contributed by atoms with E-state index in [2.05, 4.69) is 24.1 Å². The molecule has 2 rings (SSSR count). The zero-order chi connectivity index (χ0) is 16.1. The van der Waals surface area contributed by atoms with Crippen LogP contribution in [0.15, 0.2) is 18.2 Å². The number of rotatable bonds is 5. The highest BCUT2D eigenvalue weighted by Crippen LogP contribution is 2.24. The number of nitrogens with one attached hydrogen (secondary N) is 1. The molecule has 0 saturated carbocycles. The number of hydrogen-bond donors (Lipinski definition) is 2. The maximum Gasteiger partial charge on any atom is 0.251 e. The molecule has 0 aromatic heterocycles. The van der Waals surface area contributed by atoms with E-state index < -0.39 is 0 Å². The number of aromatic hydroxyl groups is 1. The minimum Gasteiger partial charge on any atom is -0.506 e. The van der Waals surface area contributed by atoms with Gasteiger partial charge in [0.1, 0.15) is 5.75 Å². The molecule has 1 atom stereocenters. The van der Waals surface area contributed by atoms with Crippen molar-refractivity contribution >= 4 is 17.5 Å². The number of benzene rings is 1. The van der Waals surface area contributed by atoms with Crippen LogP contribution in [0.2, 0.25) is 5.02 Å². The van der Waals surface area contributed by atoms with Gasteiger partial charge in [-0.15, -0.1) is 0 Å². The molecule has 1 aliphatic heterocycles. The molecular weight excluding hydrogens is 300 g/mol. The third-order valence-corrected chi connectivity index (χ3v) is 4.63. The van der Waals surface area contributed by atoms with Crippen molar-refractivity contribution in [3.05, 3.63) is 28.8 Å². The summed E-state index contributed by atoms with van der Waals surface area (Å²) in [6, 6.07) is 5.11. The van der Waals surface area contributed by atoms with Crippen LogP contribution in [0.25, 0.3) is 0 Å². The summed E-state index contributed by atoms with van der Waals surface area (Å²) in [5, 5.41) is 12.5. The van der Waals surface area contributed by atoms with Crippen molar-refractivity contribution in [1.82, 2.24) is 10.2 Å². The number of carbonyl (C=O) groups excluding carboxylic acids is 1. The molecule has 22 heavy (non-hydrogen) atoms. The standard InChI is InChI=1S/C17H25ClN2O2/c1-12(2)20-9-3-4-13(11-20)7-8-19-17(22)14-5-6-16(21)15(18)10-14/h5-6,10,12-13,21H,3-4,7-9,11H2,1-2H3,(H,19,22)/t13-/m1/s1. The molecule has 5 heteroatoms. The second kappa shape index (κ2) is 7.84. The van der Waals surface area contributed by atoms with Crippen LogP contribution in [-0.2, 0) is 0 Å². The Kier molecular flexibility index (Phi) is 6.09. The van der Waals surface area contributed by atoms with Gasteiger partial charge in [-0.25, -0.2) is 0 Å². The van der Waals surface area contributed by atoms with Crippen LogP contribution in [0.5, 0.6) is 5.75 Å². The lowest BCUT2D eigenvalue weighted by Crippen LogP contribution is -2.40. The van der Waals surface area contributed by atoms with Gasteiger partial charge in [0.25, 0.3) is 5.91 Å². The number of likely N-dealkylation sites (tertiary alicyclic amines) is 1. The predicted molar refractivity (Wildman–Crippen MR) is 89.5 cm³/mol. The summed E-state index contributed by atoms with van der Waals surface area (Å²) in [7, 11) is 0. The Balaban J connectivity index is 1.78. The molecule has 0 aliphatic carbocycles. The molecule has 1 aliphatic rings. The average Bonchev–Trinajstić information content (AvgIpc) is 2.50. The molecule has 1 amide bonds. The Morgan fingerprint density at radius 3 is 2.95 bits per heavy atom. The van der Waals surface area contributed by atoms with Crippen LogP contribution >= 0.6 is 11.6 Å². The molecule has 1 heterocycles. The summed E-state index contributed by atoms with van der Waals surface area (Å²) in [6.07, 6.45) is 3.48. The molecule has 0 spiro atoms. The molecule has 0 bridgehead atoms. The van der Waals surface area contributed by atoms with Crippen molar-refractivity contribution in [2.45, 2.75) is 39.2 Å². The topological polar surface area (TPSA) is 52.6 Å². The first-order valence-corrected chi connectivity index (χ1v) is 8.36. The first-order chi connectivity index (χ1) is 10.5. The van der Waals surface area contributed by atoms with Gasteiger partial charge in [-0.2, -0.15) is 0 Å². The van der Waals surface area contributed by atoms with Crippen LogP contribution in [0.3, 0.4) is 0 Å². The van der Waals surface area contributed by atoms with Gasteiger partial charge < -0.3 is 15.3 Å². The van der Waals surface area contributed by atoms with Gasteiger partial charge in [0.2, 0.25) is 0 Å². The average molecular weight is 325 g/mol. The van der Waals surface area contributed by atoms with E-state index in [0.29, 0.717) is 24.1 Å². The summed E-state index contributed by atoms with van der Waals surface area (Å²) in [5.74, 6) is 0.507. The summed E-state index contributed by atoms with van der Waals surface area (Å²) in [4.78, 5) is 14.6. The third-order valence-electron chi connectivity index (χ3n) is 4.33. The minimum absolute atomic E-state index is 0.00537. The van der Waals surface area contributed by atoms with Gasteiger partial charge >= 0.3 is 0 Å². The van der Waals surface area contributed by atoms with Gasteiger partial charge in [0, 0.05) is 24.7 Å². The van der Waals surface area contributed by atoms with E-state index in [4.69, 9.17) is 11.6 Å². The van der Waals surface area contributed by atoms with E-state index in [1.54, 1.807) is 6.07 Å². The van der Waals surface area contributed by atoms with Crippen molar-refractivity contribution in [2.24, 2.45) is 5.92 Å². The second-order valence-corrected chi connectivity index (χ2v) is 6.71. The molecule has 1 fully saturated rings. The normalized spacial score (nSPS) is 19.4. The predicted octanol–water partition coefficient (Wildman–Crippen LogP) is 3.29. The van der Waals surface area contributed by atoms with Gasteiger partial charge in [0.05, 0.1) is 5.02 Å². The number of piperidine rings is 1. The van der Waals surface area contributed by atoms with E-state index in [0.717, 1.165) is 13.0 Å². The zero-order valence-corrected chi connectivity index (χ0v) is 14.1. The smallest absolute Gasteiger partial charge is 0.251 e. The first-order valence-electron chi connectivity index (χ1n) is 7.98. The first kappa shape index (κ1) is 17.1. The van der Waals surface area contributed by atoms with Crippen molar-refractivity contribution in [3.8, 4) is 5.75 Å². The SMILES string of the molecule is CC(C)N1CCC[C@H](CCNC(=O)c2ccc(O)c(Cl)c2)C1. The fourth-order valence-corrected chi connectivity index (χ4v) is 3.12. The lowest BCUT2D eigenvalue weighted by Gasteiger charge is -2.35. The van der Waals surface area contributed by atoms with E-state index in [1.807, 2.05) is 0 Å². The summed E-state index contributed by atoms with van der Waals surface area (Å²) < 4.78 is 0. The molecule has 1 aromatic rings. The van der Waals surface area contributed by atoms with Gasteiger partial charge in [-0.05, 0) is 63.8 Å². The van der Waals surface area contributed by atoms with Gasteiger partial charge in [-0.3, -0.25) is 4.79 Å². The highest BCUT2D eigenvalue weighted by atomic mass is 35.5. The molecule has 1 aromatic carbocycles. The molecule has 4 nitrogen and oxygen atoms in total. The fourth-order valence-electron chi connectivity index (χ4n) is 2.94. The quantitative estimate of drug-likeness (QED) is 0.874. The molecule has 2 N–H and O–H groups in total. The number of phenols is 1. The van der Waals surface area contributed by atoms with Gasteiger partial charge in [0.15, 0.2) is 0 Å². The number of nitrogens with zero attached hydrogens (tertiary/aromatic N) is 1. The van der Waals surface area contributed by atoms with Crippen molar-refractivity contribution in [2.75, 3.05) is 19.6 Å². The molecule has 0 unspecified atom stereocenters. The van der Waals surface area contributed by atoms with Crippen LogP contribution in [0.1, 0.15) is 43.5 Å². The van der Waals surface area contributed by atoms with Crippen LogP contribution in [-0.4, -0.2) is 41.6 Å². The largest absolute Gasteiger partial charge is 0.506 e. The van der Waals surface area contributed by atoms with Gasteiger partial charge in [-0.1, -0.05) is 11.6 Å². The Labute approximate surface area is 137 Å². The highest BCUT2D eigenvalue weighted by Gasteiger charge is 2.21. The monoisotopic (exact) mass is 324 g/mol. The number of carbonyl (C=O) groups is 1. The lowest BCUT2D eigenvalue weighted by atomic mass is 9.94. The minimum atomic E-state index is -0.140. The number of phenolic OH excluding ortho intramolecular Hbond substituents is 1.